The largest absolute Gasteiger partial charge is 0.494 e. The van der Waals surface area contributed by atoms with E-state index in [1.165, 1.54) is 12.0 Å². The highest BCUT2D eigenvalue weighted by atomic mass is 16.5. The maximum atomic E-state index is 13.0. The Balaban J connectivity index is 1.99. The van der Waals surface area contributed by atoms with Gasteiger partial charge in [0.2, 0.25) is 0 Å². The molecule has 1 heterocycles. The van der Waals surface area contributed by atoms with Crippen LogP contribution in [0, 0.1) is 6.92 Å². The van der Waals surface area contributed by atoms with Crippen molar-refractivity contribution in [3.8, 4) is 5.75 Å². The molecule has 6 nitrogen and oxygen atoms in total. The third-order valence-corrected chi connectivity index (χ3v) is 4.46. The molecule has 3 rings (SSSR count). The van der Waals surface area contributed by atoms with Gasteiger partial charge in [-0.1, -0.05) is 29.8 Å². The number of imide groups is 1. The number of hydrogen-bond acceptors (Lipinski definition) is 5. The Morgan fingerprint density at radius 1 is 0.964 bits per heavy atom. The zero-order valence-corrected chi connectivity index (χ0v) is 16.3. The fourth-order valence-corrected chi connectivity index (χ4v) is 3.01. The predicted octanol–water partition coefficient (Wildman–Crippen LogP) is 3.23. The number of carbonyl (C=O) groups excluding carboxylic acids is 2. The molecule has 2 aromatic rings. The summed E-state index contributed by atoms with van der Waals surface area (Å²) in [5.41, 5.74) is 3.15. The maximum absolute atomic E-state index is 13.0. The summed E-state index contributed by atoms with van der Waals surface area (Å²) in [6.07, 6.45) is 0. The molecule has 0 radical (unpaired) electrons. The molecule has 146 valence electrons. The summed E-state index contributed by atoms with van der Waals surface area (Å²) in [5.74, 6) is 0.0280. The number of methoxy groups -OCH3 is 1. The van der Waals surface area contributed by atoms with Crippen LogP contribution in [-0.2, 0) is 14.3 Å². The summed E-state index contributed by atoms with van der Waals surface area (Å²) >= 11 is 0. The van der Waals surface area contributed by atoms with Crippen LogP contribution in [0.4, 0.5) is 5.69 Å². The van der Waals surface area contributed by atoms with Gasteiger partial charge in [-0.3, -0.25) is 14.5 Å². The van der Waals surface area contributed by atoms with Crippen LogP contribution in [0.1, 0.15) is 18.1 Å². The second-order valence-electron chi connectivity index (χ2n) is 6.45. The lowest BCUT2D eigenvalue weighted by Crippen LogP contribution is -2.35. The summed E-state index contributed by atoms with van der Waals surface area (Å²) in [6, 6.07) is 14.8. The van der Waals surface area contributed by atoms with Gasteiger partial charge in [-0.15, -0.1) is 0 Å². The van der Waals surface area contributed by atoms with Gasteiger partial charge in [-0.2, -0.15) is 0 Å². The molecule has 0 spiro atoms. The number of nitrogens with zero attached hydrogens (tertiary/aromatic N) is 1. The lowest BCUT2D eigenvalue weighted by molar-refractivity contribution is -0.137. The van der Waals surface area contributed by atoms with Gasteiger partial charge in [0.15, 0.2) is 0 Å². The molecule has 1 aliphatic heterocycles. The van der Waals surface area contributed by atoms with Crippen LogP contribution in [0.2, 0.25) is 0 Å². The molecular weight excluding hydrogens is 356 g/mol. The van der Waals surface area contributed by atoms with E-state index >= 15 is 0 Å². The molecule has 0 unspecified atom stereocenters. The number of hydrogen-bond donors (Lipinski definition) is 1. The van der Waals surface area contributed by atoms with E-state index in [9.17, 15) is 9.59 Å². The highest BCUT2D eigenvalue weighted by Gasteiger charge is 2.38. The zero-order valence-electron chi connectivity index (χ0n) is 16.3. The van der Waals surface area contributed by atoms with E-state index in [0.29, 0.717) is 23.5 Å². The lowest BCUT2D eigenvalue weighted by Gasteiger charge is -2.14. The summed E-state index contributed by atoms with van der Waals surface area (Å²) < 4.78 is 10.5. The van der Waals surface area contributed by atoms with Crippen LogP contribution in [0.5, 0.6) is 5.75 Å². The van der Waals surface area contributed by atoms with E-state index in [-0.39, 0.29) is 30.7 Å². The Morgan fingerprint density at radius 3 is 2.25 bits per heavy atom. The van der Waals surface area contributed by atoms with Crippen molar-refractivity contribution >= 4 is 23.1 Å². The normalized spacial score (nSPS) is 14.0. The molecule has 0 saturated heterocycles. The predicted molar refractivity (Wildman–Crippen MR) is 108 cm³/mol. The lowest BCUT2D eigenvalue weighted by atomic mass is 10.0. The second kappa shape index (κ2) is 8.71. The number of rotatable bonds is 8. The van der Waals surface area contributed by atoms with Crippen molar-refractivity contribution in [1.82, 2.24) is 4.90 Å². The van der Waals surface area contributed by atoms with Crippen LogP contribution in [0.3, 0.4) is 0 Å². The number of amides is 2. The summed E-state index contributed by atoms with van der Waals surface area (Å²) in [4.78, 5) is 27.2. The Morgan fingerprint density at radius 2 is 1.64 bits per heavy atom. The summed E-state index contributed by atoms with van der Waals surface area (Å²) in [6.45, 7) is 4.95. The third-order valence-electron chi connectivity index (χ3n) is 4.46. The molecule has 1 N–H and O–H groups in total. The van der Waals surface area contributed by atoms with Gasteiger partial charge < -0.3 is 14.8 Å². The monoisotopic (exact) mass is 380 g/mol. The maximum Gasteiger partial charge on any atom is 0.278 e. The number of nitrogens with one attached hydrogen (secondary N) is 1. The van der Waals surface area contributed by atoms with Crippen molar-refractivity contribution in [2.24, 2.45) is 0 Å². The van der Waals surface area contributed by atoms with E-state index < -0.39 is 0 Å². The summed E-state index contributed by atoms with van der Waals surface area (Å²) in [7, 11) is 1.54. The van der Waals surface area contributed by atoms with E-state index in [4.69, 9.17) is 9.47 Å². The highest BCUT2D eigenvalue weighted by molar-refractivity contribution is 6.36. The van der Waals surface area contributed by atoms with E-state index in [2.05, 4.69) is 5.32 Å². The van der Waals surface area contributed by atoms with Gasteiger partial charge in [0, 0.05) is 12.8 Å². The first-order chi connectivity index (χ1) is 13.5. The number of aryl methyl sites for hydroxylation is 1. The molecule has 2 amide bonds. The second-order valence-corrected chi connectivity index (χ2v) is 6.45. The minimum atomic E-state index is -0.355. The third kappa shape index (κ3) is 4.07. The Bertz CT molecular complexity index is 886. The van der Waals surface area contributed by atoms with Gasteiger partial charge in [0.05, 0.1) is 25.3 Å². The Hall–Kier alpha value is -3.12. The van der Waals surface area contributed by atoms with Crippen LogP contribution in [-0.4, -0.2) is 43.6 Å². The standard InChI is InChI=1S/C22H24N2O4/c1-4-28-18-11-7-16(8-12-18)19-20(23-17-9-5-15(2)6-10-17)22(26)24(21(19)25)13-14-27-3/h5-12,23H,4,13-14H2,1-3H3. The van der Waals surface area contributed by atoms with Crippen LogP contribution >= 0.6 is 0 Å². The number of benzene rings is 2. The van der Waals surface area contributed by atoms with Crippen molar-refractivity contribution in [3.63, 3.8) is 0 Å². The molecule has 0 fully saturated rings. The average molecular weight is 380 g/mol. The van der Waals surface area contributed by atoms with Gasteiger partial charge in [-0.25, -0.2) is 0 Å². The molecule has 0 aromatic heterocycles. The zero-order chi connectivity index (χ0) is 20.1. The Kier molecular flexibility index (Phi) is 6.11. The molecule has 6 heteroatoms. The Labute approximate surface area is 164 Å². The molecule has 1 aliphatic rings. The molecule has 28 heavy (non-hydrogen) atoms. The first kappa shape index (κ1) is 19.6. The van der Waals surface area contributed by atoms with Gasteiger partial charge in [0.25, 0.3) is 11.8 Å². The van der Waals surface area contributed by atoms with E-state index in [0.717, 1.165) is 11.3 Å². The molecule has 0 saturated carbocycles. The van der Waals surface area contributed by atoms with Crippen molar-refractivity contribution < 1.29 is 19.1 Å². The molecule has 0 bridgehead atoms. The van der Waals surface area contributed by atoms with Crippen molar-refractivity contribution in [2.75, 3.05) is 32.2 Å². The smallest absolute Gasteiger partial charge is 0.278 e. The minimum Gasteiger partial charge on any atom is -0.494 e. The molecule has 2 aromatic carbocycles. The quantitative estimate of drug-likeness (QED) is 0.712. The topological polar surface area (TPSA) is 67.9 Å². The first-order valence-corrected chi connectivity index (χ1v) is 9.21. The van der Waals surface area contributed by atoms with Crippen LogP contribution in [0.15, 0.2) is 54.2 Å². The SMILES string of the molecule is CCOc1ccc(C2=C(Nc3ccc(C)cc3)C(=O)N(CCOC)C2=O)cc1. The van der Waals surface area contributed by atoms with Crippen molar-refractivity contribution in [2.45, 2.75) is 13.8 Å². The van der Waals surface area contributed by atoms with E-state index in [1.807, 2.05) is 38.1 Å². The summed E-state index contributed by atoms with van der Waals surface area (Å²) in [5, 5.41) is 3.14. The number of ether oxygens (including phenoxy) is 2. The van der Waals surface area contributed by atoms with Gasteiger partial charge in [-0.05, 0) is 43.7 Å². The van der Waals surface area contributed by atoms with Crippen LogP contribution < -0.4 is 10.1 Å². The van der Waals surface area contributed by atoms with Crippen LogP contribution in [0.25, 0.3) is 5.57 Å². The number of carbonyl (C=O) groups is 2. The molecule has 0 atom stereocenters. The highest BCUT2D eigenvalue weighted by Crippen LogP contribution is 2.31. The van der Waals surface area contributed by atoms with E-state index in [1.54, 1.807) is 24.3 Å². The first-order valence-electron chi connectivity index (χ1n) is 9.21. The molecule has 0 aliphatic carbocycles. The van der Waals surface area contributed by atoms with Crippen molar-refractivity contribution in [1.29, 1.82) is 0 Å². The average Bonchev–Trinajstić information content (AvgIpc) is 2.92. The van der Waals surface area contributed by atoms with Gasteiger partial charge in [0.1, 0.15) is 11.4 Å². The minimum absolute atomic E-state index is 0.202. The fraction of sp³-hybridized carbons (Fsp3) is 0.273. The fourth-order valence-electron chi connectivity index (χ4n) is 3.01. The molecular formula is C22H24N2O4. The number of anilines is 1. The van der Waals surface area contributed by atoms with Gasteiger partial charge >= 0.3 is 0 Å². The van der Waals surface area contributed by atoms with Crippen molar-refractivity contribution in [3.05, 3.63) is 65.4 Å².